The number of hydrogen-bond donors (Lipinski definition) is 0. The van der Waals surface area contributed by atoms with Gasteiger partial charge in [0.25, 0.3) is 0 Å². The lowest BCUT2D eigenvalue weighted by Crippen LogP contribution is -2.33. The van der Waals surface area contributed by atoms with Gasteiger partial charge in [0, 0.05) is 45.4 Å². The first-order valence-corrected chi connectivity index (χ1v) is 10.0. The van der Waals surface area contributed by atoms with Crippen molar-refractivity contribution >= 4 is 5.95 Å². The summed E-state index contributed by atoms with van der Waals surface area (Å²) < 4.78 is 15.3. The molecular formula is C22H27FN6. The van der Waals surface area contributed by atoms with E-state index in [1.54, 1.807) is 12.1 Å². The van der Waals surface area contributed by atoms with E-state index in [1.165, 1.54) is 17.8 Å². The Kier molecular flexibility index (Phi) is 5.58. The third-order valence-corrected chi connectivity index (χ3v) is 5.61. The highest BCUT2D eigenvalue weighted by molar-refractivity contribution is 5.58. The molecule has 1 aromatic carbocycles. The summed E-state index contributed by atoms with van der Waals surface area (Å²) in [6, 6.07) is 8.35. The van der Waals surface area contributed by atoms with Crippen molar-refractivity contribution in [3.8, 4) is 11.3 Å². The zero-order valence-corrected chi connectivity index (χ0v) is 17.2. The molecule has 3 heterocycles. The van der Waals surface area contributed by atoms with Crippen molar-refractivity contribution in [1.29, 1.82) is 0 Å². The fourth-order valence-electron chi connectivity index (χ4n) is 3.93. The lowest BCUT2D eigenvalue weighted by Gasteiger charge is -2.31. The van der Waals surface area contributed by atoms with E-state index in [4.69, 9.17) is 4.98 Å². The number of rotatable bonds is 5. The summed E-state index contributed by atoms with van der Waals surface area (Å²) >= 11 is 0. The molecule has 0 amide bonds. The van der Waals surface area contributed by atoms with Crippen LogP contribution in [0.15, 0.2) is 42.7 Å². The number of hydrogen-bond acceptors (Lipinski definition) is 5. The number of imidazole rings is 1. The van der Waals surface area contributed by atoms with Gasteiger partial charge in [-0.05, 0) is 56.3 Å². The van der Waals surface area contributed by atoms with Crippen LogP contribution in [0.4, 0.5) is 10.3 Å². The molecule has 3 aromatic rings. The van der Waals surface area contributed by atoms with Crippen LogP contribution < -0.4 is 4.90 Å². The van der Waals surface area contributed by atoms with Crippen LogP contribution in [0.25, 0.3) is 11.3 Å². The fourth-order valence-corrected chi connectivity index (χ4v) is 3.93. The van der Waals surface area contributed by atoms with Crippen molar-refractivity contribution in [2.45, 2.75) is 25.3 Å². The van der Waals surface area contributed by atoms with Crippen LogP contribution in [-0.4, -0.2) is 51.6 Å². The molecule has 0 saturated carbocycles. The van der Waals surface area contributed by atoms with E-state index in [-0.39, 0.29) is 5.82 Å². The molecule has 152 valence electrons. The Morgan fingerprint density at radius 3 is 2.45 bits per heavy atom. The Bertz CT molecular complexity index is 958. The van der Waals surface area contributed by atoms with Gasteiger partial charge in [-0.1, -0.05) is 0 Å². The van der Waals surface area contributed by atoms with Crippen LogP contribution in [0, 0.1) is 5.82 Å². The average molecular weight is 394 g/mol. The summed E-state index contributed by atoms with van der Waals surface area (Å²) in [5.74, 6) is 1.99. The first-order chi connectivity index (χ1) is 14.0. The fraction of sp³-hybridized carbons (Fsp3) is 0.409. The van der Waals surface area contributed by atoms with Gasteiger partial charge in [0.15, 0.2) is 0 Å². The molecule has 7 heteroatoms. The standard InChI is InChI=1S/C22H27FN6/c1-27(2)22-25-14-19(28(22)3)15-29-12-9-17(10-13-29)21-24-11-8-20(26-21)16-4-6-18(23)7-5-16/h4-8,11,14,17H,9-10,12-13,15H2,1-3H3. The van der Waals surface area contributed by atoms with E-state index in [9.17, 15) is 4.39 Å². The average Bonchev–Trinajstić information content (AvgIpc) is 3.10. The van der Waals surface area contributed by atoms with Crippen LogP contribution in [0.1, 0.15) is 30.3 Å². The van der Waals surface area contributed by atoms with Gasteiger partial charge >= 0.3 is 0 Å². The van der Waals surface area contributed by atoms with E-state index >= 15 is 0 Å². The Hall–Kier alpha value is -2.80. The predicted octanol–water partition coefficient (Wildman–Crippen LogP) is 3.46. The van der Waals surface area contributed by atoms with Crippen molar-refractivity contribution < 1.29 is 4.39 Å². The number of anilines is 1. The smallest absolute Gasteiger partial charge is 0.204 e. The summed E-state index contributed by atoms with van der Waals surface area (Å²) in [7, 11) is 6.09. The number of likely N-dealkylation sites (tertiary alicyclic amines) is 1. The van der Waals surface area contributed by atoms with E-state index in [2.05, 4.69) is 26.5 Å². The van der Waals surface area contributed by atoms with Crippen LogP contribution in [-0.2, 0) is 13.6 Å². The largest absolute Gasteiger partial charge is 0.348 e. The molecule has 29 heavy (non-hydrogen) atoms. The van der Waals surface area contributed by atoms with Gasteiger partial charge in [0.2, 0.25) is 5.95 Å². The van der Waals surface area contributed by atoms with E-state index < -0.39 is 0 Å². The Morgan fingerprint density at radius 1 is 1.07 bits per heavy atom. The van der Waals surface area contributed by atoms with E-state index in [1.807, 2.05) is 37.5 Å². The zero-order chi connectivity index (χ0) is 20.4. The van der Waals surface area contributed by atoms with Crippen LogP contribution >= 0.6 is 0 Å². The van der Waals surface area contributed by atoms with E-state index in [0.717, 1.165) is 55.5 Å². The minimum absolute atomic E-state index is 0.235. The molecule has 0 unspecified atom stereocenters. The van der Waals surface area contributed by atoms with Gasteiger partial charge in [-0.2, -0.15) is 0 Å². The Balaban J connectivity index is 1.40. The van der Waals surface area contributed by atoms with Gasteiger partial charge < -0.3 is 9.47 Å². The highest BCUT2D eigenvalue weighted by Gasteiger charge is 2.24. The highest BCUT2D eigenvalue weighted by atomic mass is 19.1. The normalized spacial score (nSPS) is 15.6. The summed E-state index contributed by atoms with van der Waals surface area (Å²) in [6.45, 7) is 2.93. The third-order valence-electron chi connectivity index (χ3n) is 5.61. The second-order valence-corrected chi connectivity index (χ2v) is 7.86. The molecule has 0 aliphatic carbocycles. The molecule has 4 rings (SSSR count). The molecular weight excluding hydrogens is 367 g/mol. The summed E-state index contributed by atoms with van der Waals surface area (Å²) in [6.07, 6.45) is 5.85. The molecule has 1 aliphatic heterocycles. The van der Waals surface area contributed by atoms with Crippen LogP contribution in [0.3, 0.4) is 0 Å². The van der Waals surface area contributed by atoms with Gasteiger partial charge in [0.1, 0.15) is 11.6 Å². The number of aromatic nitrogens is 4. The van der Waals surface area contributed by atoms with Gasteiger partial charge in [0.05, 0.1) is 17.6 Å². The number of halogens is 1. The minimum atomic E-state index is -0.235. The quantitative estimate of drug-likeness (QED) is 0.663. The first kappa shape index (κ1) is 19.5. The van der Waals surface area contributed by atoms with Gasteiger partial charge in [-0.3, -0.25) is 4.90 Å². The number of nitrogens with zero attached hydrogens (tertiary/aromatic N) is 6. The molecule has 1 fully saturated rings. The highest BCUT2D eigenvalue weighted by Crippen LogP contribution is 2.28. The topological polar surface area (TPSA) is 50.1 Å². The van der Waals surface area contributed by atoms with Gasteiger partial charge in [-0.15, -0.1) is 0 Å². The monoisotopic (exact) mass is 394 g/mol. The summed E-state index contributed by atoms with van der Waals surface area (Å²) in [5.41, 5.74) is 2.99. The maximum Gasteiger partial charge on any atom is 0.204 e. The molecule has 2 aromatic heterocycles. The molecule has 0 atom stereocenters. The molecule has 0 radical (unpaired) electrons. The number of piperidine rings is 1. The molecule has 0 bridgehead atoms. The first-order valence-electron chi connectivity index (χ1n) is 10.0. The Morgan fingerprint density at radius 2 is 1.79 bits per heavy atom. The third kappa shape index (κ3) is 4.29. The second kappa shape index (κ2) is 8.29. The molecule has 0 spiro atoms. The predicted molar refractivity (Wildman–Crippen MR) is 112 cm³/mol. The van der Waals surface area contributed by atoms with Crippen LogP contribution in [0.2, 0.25) is 0 Å². The summed E-state index contributed by atoms with van der Waals surface area (Å²) in [5, 5.41) is 0. The molecule has 0 N–H and O–H groups in total. The SMILES string of the molecule is CN(C)c1ncc(CN2CCC(c3nccc(-c4ccc(F)cc4)n3)CC2)n1C. The van der Waals surface area contributed by atoms with Crippen molar-refractivity contribution in [3.63, 3.8) is 0 Å². The molecule has 6 nitrogen and oxygen atoms in total. The van der Waals surface area contributed by atoms with Crippen molar-refractivity contribution in [2.24, 2.45) is 7.05 Å². The Labute approximate surface area is 171 Å². The molecule has 1 aliphatic rings. The van der Waals surface area contributed by atoms with Crippen LogP contribution in [0.5, 0.6) is 0 Å². The van der Waals surface area contributed by atoms with Crippen molar-refractivity contribution in [3.05, 3.63) is 60.1 Å². The number of benzene rings is 1. The van der Waals surface area contributed by atoms with E-state index in [0.29, 0.717) is 5.92 Å². The van der Waals surface area contributed by atoms with Crippen molar-refractivity contribution in [1.82, 2.24) is 24.4 Å². The lowest BCUT2D eigenvalue weighted by molar-refractivity contribution is 0.198. The lowest BCUT2D eigenvalue weighted by atomic mass is 9.95. The summed E-state index contributed by atoms with van der Waals surface area (Å²) in [4.78, 5) is 18.3. The zero-order valence-electron chi connectivity index (χ0n) is 17.2. The van der Waals surface area contributed by atoms with Gasteiger partial charge in [-0.25, -0.2) is 19.3 Å². The maximum absolute atomic E-state index is 13.2. The molecule has 1 saturated heterocycles. The minimum Gasteiger partial charge on any atom is -0.348 e. The van der Waals surface area contributed by atoms with Crippen molar-refractivity contribution in [2.75, 3.05) is 32.1 Å². The maximum atomic E-state index is 13.2. The second-order valence-electron chi connectivity index (χ2n) is 7.86.